The summed E-state index contributed by atoms with van der Waals surface area (Å²) in [7, 11) is 1.73. The summed E-state index contributed by atoms with van der Waals surface area (Å²) in [6.07, 6.45) is 0.382. The molecule has 6 nitrogen and oxygen atoms in total. The van der Waals surface area contributed by atoms with E-state index in [1.165, 1.54) is 12.1 Å². The molecule has 192 valence electrons. The Kier molecular flexibility index (Phi) is 6.06. The summed E-state index contributed by atoms with van der Waals surface area (Å²) in [6, 6.07) is 6.86. The summed E-state index contributed by atoms with van der Waals surface area (Å²) in [4.78, 5) is 14.2. The number of rotatable bonds is 5. The van der Waals surface area contributed by atoms with Crippen LogP contribution in [0.1, 0.15) is 69.5 Å². The van der Waals surface area contributed by atoms with Crippen LogP contribution in [0.2, 0.25) is 0 Å². The van der Waals surface area contributed by atoms with E-state index in [9.17, 15) is 18.7 Å². The highest BCUT2D eigenvalue weighted by atomic mass is 19.3. The highest BCUT2D eigenvalue weighted by molar-refractivity contribution is 6.03. The van der Waals surface area contributed by atoms with E-state index in [0.29, 0.717) is 23.3 Å². The van der Waals surface area contributed by atoms with Gasteiger partial charge in [0.05, 0.1) is 17.3 Å². The van der Waals surface area contributed by atoms with Crippen molar-refractivity contribution in [3.63, 3.8) is 0 Å². The smallest absolute Gasteiger partial charge is 0.303 e. The van der Waals surface area contributed by atoms with Crippen LogP contribution < -0.4 is 10.2 Å². The van der Waals surface area contributed by atoms with Crippen LogP contribution in [0.5, 0.6) is 0 Å². The maximum absolute atomic E-state index is 15.3. The number of benzene rings is 2. The van der Waals surface area contributed by atoms with Crippen LogP contribution in [-0.2, 0) is 16.1 Å². The monoisotopic (exact) mass is 500 g/mol. The molecule has 2 aromatic carbocycles. The summed E-state index contributed by atoms with van der Waals surface area (Å²) in [6.45, 7) is 9.40. The quantitative estimate of drug-likeness (QED) is 0.466. The molecular weight excluding hydrogens is 469 g/mol. The summed E-state index contributed by atoms with van der Waals surface area (Å²) in [5, 5.41) is 23.1. The lowest BCUT2D eigenvalue weighted by molar-refractivity contribution is -0.170. The van der Waals surface area contributed by atoms with Gasteiger partial charge in [0.2, 0.25) is 5.91 Å². The molecule has 1 aliphatic rings. The van der Waals surface area contributed by atoms with Crippen LogP contribution >= 0.6 is 0 Å². The molecule has 0 fully saturated rings. The highest BCUT2D eigenvalue weighted by Crippen LogP contribution is 2.44. The number of alkyl halides is 2. The number of carbonyl (C=O) groups is 1. The highest BCUT2D eigenvalue weighted by Gasteiger charge is 2.49. The fraction of sp³-hybridized carbons (Fsp3) is 0.444. The minimum absolute atomic E-state index is 0.0000799. The Morgan fingerprint density at radius 2 is 1.83 bits per heavy atom. The van der Waals surface area contributed by atoms with Crippen molar-refractivity contribution in [2.24, 2.45) is 0 Å². The third-order valence-electron chi connectivity index (χ3n) is 7.09. The van der Waals surface area contributed by atoms with Gasteiger partial charge in [0.1, 0.15) is 11.4 Å². The Balaban J connectivity index is 1.80. The zero-order valence-electron chi connectivity index (χ0n) is 21.5. The first-order valence-electron chi connectivity index (χ1n) is 11.8. The van der Waals surface area contributed by atoms with Crippen molar-refractivity contribution < 1.29 is 23.1 Å². The van der Waals surface area contributed by atoms with Gasteiger partial charge in [-0.25, -0.2) is 4.39 Å². The van der Waals surface area contributed by atoms with Crippen LogP contribution in [0, 0.1) is 12.7 Å². The minimum atomic E-state index is -3.80. The topological polar surface area (TPSA) is 78.4 Å². The molecule has 0 saturated carbocycles. The molecule has 1 atom stereocenters. The molecule has 0 bridgehead atoms. The van der Waals surface area contributed by atoms with E-state index in [0.717, 1.165) is 36.6 Å². The fourth-order valence-electron chi connectivity index (χ4n) is 4.71. The number of hydrogen-bond acceptors (Lipinski definition) is 5. The number of nitrogens with zero attached hydrogens (tertiary/aromatic N) is 3. The Hall–Kier alpha value is -3.20. The average Bonchev–Trinajstić information content (AvgIpc) is 2.77. The van der Waals surface area contributed by atoms with Crippen molar-refractivity contribution >= 4 is 28.2 Å². The van der Waals surface area contributed by atoms with E-state index >= 15 is 4.39 Å². The molecule has 9 heteroatoms. The number of carbonyl (C=O) groups excluding carboxylic acids is 1. The van der Waals surface area contributed by atoms with Crippen LogP contribution in [0.3, 0.4) is 0 Å². The van der Waals surface area contributed by atoms with Gasteiger partial charge >= 0.3 is 5.92 Å². The fourth-order valence-corrected chi connectivity index (χ4v) is 4.71. The van der Waals surface area contributed by atoms with Crippen LogP contribution in [0.15, 0.2) is 30.3 Å². The van der Waals surface area contributed by atoms with Crippen LogP contribution in [-0.4, -0.2) is 33.9 Å². The zero-order valence-corrected chi connectivity index (χ0v) is 21.5. The zero-order chi connectivity index (χ0) is 26.8. The van der Waals surface area contributed by atoms with Gasteiger partial charge in [0.25, 0.3) is 0 Å². The molecule has 2 heterocycles. The van der Waals surface area contributed by atoms with E-state index < -0.39 is 28.9 Å². The summed E-state index contributed by atoms with van der Waals surface area (Å²) >= 11 is 0. The SMILES string of the molecule is Cc1nnc(N[C@H](C)c2cccc(C(F)(F)C(C)(C)O)c2F)c2cc3c(cc12)C(C)(C)CC(=O)N3C. The normalized spacial score (nSPS) is 16.8. The van der Waals surface area contributed by atoms with Gasteiger partial charge in [-0.15, -0.1) is 5.10 Å². The van der Waals surface area contributed by atoms with E-state index in [4.69, 9.17) is 0 Å². The molecule has 0 spiro atoms. The second kappa shape index (κ2) is 8.44. The standard InChI is InChI=1S/C27H31F3N4O2/c1-14(16-9-8-10-19(23(16)28)27(29,30)26(5,6)36)31-24-18-12-21-20(11-17(18)15(2)32-33-24)25(3,4)13-22(35)34(21)7/h8-12,14,36H,13H2,1-7H3,(H,31,33)/t14-/m1/s1. The van der Waals surface area contributed by atoms with Crippen molar-refractivity contribution in [3.05, 3.63) is 58.5 Å². The number of amides is 1. The minimum Gasteiger partial charge on any atom is -0.384 e. The lowest BCUT2D eigenvalue weighted by Crippen LogP contribution is -2.41. The average molecular weight is 501 g/mol. The number of aromatic nitrogens is 2. The number of halogens is 3. The molecule has 0 unspecified atom stereocenters. The number of fused-ring (bicyclic) bond motifs is 2. The number of anilines is 2. The molecule has 1 aliphatic heterocycles. The maximum Gasteiger partial charge on any atom is 0.303 e. The molecule has 1 aromatic heterocycles. The molecular formula is C27H31F3N4O2. The number of aliphatic hydroxyl groups is 1. The lowest BCUT2D eigenvalue weighted by Gasteiger charge is -2.37. The van der Waals surface area contributed by atoms with Gasteiger partial charge < -0.3 is 15.3 Å². The Morgan fingerprint density at radius 3 is 2.47 bits per heavy atom. The molecule has 4 rings (SSSR count). The predicted molar refractivity (Wildman–Crippen MR) is 134 cm³/mol. The number of hydrogen-bond donors (Lipinski definition) is 2. The van der Waals surface area contributed by atoms with Gasteiger partial charge in [-0.1, -0.05) is 26.0 Å². The van der Waals surface area contributed by atoms with Crippen molar-refractivity contribution in [2.75, 3.05) is 17.3 Å². The van der Waals surface area contributed by atoms with Gasteiger partial charge in [-0.3, -0.25) is 4.79 Å². The summed E-state index contributed by atoms with van der Waals surface area (Å²) in [5.41, 5.74) is -1.23. The molecule has 1 amide bonds. The van der Waals surface area contributed by atoms with Gasteiger partial charge in [0, 0.05) is 40.9 Å². The first-order valence-corrected chi connectivity index (χ1v) is 11.8. The third kappa shape index (κ3) is 4.09. The molecule has 0 aliphatic carbocycles. The Morgan fingerprint density at radius 1 is 1.17 bits per heavy atom. The summed E-state index contributed by atoms with van der Waals surface area (Å²) < 4.78 is 44.9. The largest absolute Gasteiger partial charge is 0.384 e. The number of aryl methyl sites for hydroxylation is 1. The van der Waals surface area contributed by atoms with Gasteiger partial charge in [-0.05, 0) is 51.5 Å². The van der Waals surface area contributed by atoms with E-state index in [1.807, 2.05) is 32.9 Å². The molecule has 36 heavy (non-hydrogen) atoms. The molecule has 2 N–H and O–H groups in total. The van der Waals surface area contributed by atoms with Gasteiger partial charge in [0.15, 0.2) is 5.82 Å². The first-order chi connectivity index (χ1) is 16.6. The van der Waals surface area contributed by atoms with E-state index in [-0.39, 0.29) is 16.9 Å². The van der Waals surface area contributed by atoms with Crippen molar-refractivity contribution in [2.45, 2.75) is 70.9 Å². The predicted octanol–water partition coefficient (Wildman–Crippen LogP) is 5.76. The van der Waals surface area contributed by atoms with Gasteiger partial charge in [-0.2, -0.15) is 13.9 Å². The van der Waals surface area contributed by atoms with E-state index in [2.05, 4.69) is 15.5 Å². The van der Waals surface area contributed by atoms with Crippen molar-refractivity contribution in [1.29, 1.82) is 0 Å². The second-order valence-electron chi connectivity index (χ2n) is 10.8. The van der Waals surface area contributed by atoms with Crippen LogP contribution in [0.25, 0.3) is 10.8 Å². The van der Waals surface area contributed by atoms with Crippen molar-refractivity contribution in [3.8, 4) is 0 Å². The number of nitrogens with one attached hydrogen (secondary N) is 1. The second-order valence-corrected chi connectivity index (χ2v) is 10.8. The van der Waals surface area contributed by atoms with Crippen LogP contribution in [0.4, 0.5) is 24.7 Å². The third-order valence-corrected chi connectivity index (χ3v) is 7.09. The first kappa shape index (κ1) is 25.9. The lowest BCUT2D eigenvalue weighted by atomic mass is 9.76. The van der Waals surface area contributed by atoms with E-state index in [1.54, 1.807) is 18.9 Å². The summed E-state index contributed by atoms with van der Waals surface area (Å²) in [5.74, 6) is -4.56. The Bertz CT molecular complexity index is 1370. The Labute approximate surface area is 208 Å². The maximum atomic E-state index is 15.3. The van der Waals surface area contributed by atoms with Crippen molar-refractivity contribution in [1.82, 2.24) is 10.2 Å². The molecule has 0 saturated heterocycles. The molecule has 3 aromatic rings. The molecule has 0 radical (unpaired) electrons.